The summed E-state index contributed by atoms with van der Waals surface area (Å²) in [5, 5.41) is 0. The largest absolute Gasteiger partial charge is 0.394 e. The number of hydrogen-bond donors (Lipinski definition) is 1. The zero-order valence-corrected chi connectivity index (χ0v) is 7.98. The van der Waals surface area contributed by atoms with E-state index in [0.717, 1.165) is 26.1 Å². The van der Waals surface area contributed by atoms with Gasteiger partial charge in [0, 0.05) is 37.7 Å². The molecule has 0 radical (unpaired) electrons. The van der Waals surface area contributed by atoms with Crippen LogP contribution in [0.3, 0.4) is 0 Å². The Morgan fingerprint density at radius 1 is 1.43 bits per heavy atom. The van der Waals surface area contributed by atoms with Crippen molar-refractivity contribution in [3.05, 3.63) is 28.7 Å². The molecule has 1 saturated heterocycles. The summed E-state index contributed by atoms with van der Waals surface area (Å²) < 4.78 is 7.28. The minimum Gasteiger partial charge on any atom is -0.394 e. The molecule has 0 amide bonds. The molecule has 1 aliphatic rings. The van der Waals surface area contributed by atoms with Crippen LogP contribution in [0.1, 0.15) is 18.9 Å². The van der Waals surface area contributed by atoms with Crippen molar-refractivity contribution in [2.75, 3.05) is 18.9 Å². The van der Waals surface area contributed by atoms with E-state index in [-0.39, 0.29) is 5.43 Å². The first-order chi connectivity index (χ1) is 6.77. The lowest BCUT2D eigenvalue weighted by molar-refractivity contribution is 0.0695. The molecule has 0 saturated carbocycles. The van der Waals surface area contributed by atoms with Crippen LogP contribution in [0, 0.1) is 0 Å². The van der Waals surface area contributed by atoms with E-state index in [1.807, 2.05) is 4.57 Å². The molecule has 0 unspecified atom stereocenters. The summed E-state index contributed by atoms with van der Waals surface area (Å²) in [7, 11) is 0. The van der Waals surface area contributed by atoms with Crippen molar-refractivity contribution in [1.29, 1.82) is 0 Å². The van der Waals surface area contributed by atoms with E-state index in [1.54, 1.807) is 12.4 Å². The van der Waals surface area contributed by atoms with E-state index in [9.17, 15) is 4.79 Å². The summed E-state index contributed by atoms with van der Waals surface area (Å²) in [6.07, 6.45) is 5.50. The smallest absolute Gasteiger partial charge is 0.204 e. The van der Waals surface area contributed by atoms with E-state index in [0.29, 0.717) is 11.7 Å². The third-order valence-corrected chi connectivity index (χ3v) is 2.58. The van der Waals surface area contributed by atoms with Crippen molar-refractivity contribution in [3.8, 4) is 0 Å². The number of anilines is 1. The Bertz CT molecular complexity index is 367. The number of rotatable bonds is 1. The van der Waals surface area contributed by atoms with Crippen molar-refractivity contribution in [2.24, 2.45) is 0 Å². The lowest BCUT2D eigenvalue weighted by Crippen LogP contribution is -2.21. The number of nitrogens with two attached hydrogens (primary N) is 1. The molecule has 0 aliphatic carbocycles. The highest BCUT2D eigenvalue weighted by Crippen LogP contribution is 2.20. The number of aromatic nitrogens is 1. The van der Waals surface area contributed by atoms with Gasteiger partial charge in [0.15, 0.2) is 0 Å². The topological polar surface area (TPSA) is 57.2 Å². The van der Waals surface area contributed by atoms with E-state index in [4.69, 9.17) is 10.5 Å². The maximum absolute atomic E-state index is 11.1. The van der Waals surface area contributed by atoms with Gasteiger partial charge >= 0.3 is 0 Å². The van der Waals surface area contributed by atoms with E-state index < -0.39 is 0 Å². The van der Waals surface area contributed by atoms with Crippen LogP contribution in [0.25, 0.3) is 0 Å². The molecule has 0 atom stereocenters. The molecule has 14 heavy (non-hydrogen) atoms. The summed E-state index contributed by atoms with van der Waals surface area (Å²) in [5.41, 5.74) is 5.78. The predicted molar refractivity (Wildman–Crippen MR) is 54.2 cm³/mol. The molecule has 1 aromatic rings. The first kappa shape index (κ1) is 9.27. The van der Waals surface area contributed by atoms with Crippen LogP contribution in [-0.2, 0) is 4.74 Å². The Kier molecular flexibility index (Phi) is 2.54. The maximum atomic E-state index is 11.1. The molecule has 0 bridgehead atoms. The average molecular weight is 194 g/mol. The molecule has 0 spiro atoms. The van der Waals surface area contributed by atoms with Crippen molar-refractivity contribution in [3.63, 3.8) is 0 Å². The van der Waals surface area contributed by atoms with Gasteiger partial charge in [-0.2, -0.15) is 0 Å². The highest BCUT2D eigenvalue weighted by atomic mass is 16.5. The lowest BCUT2D eigenvalue weighted by Gasteiger charge is -2.24. The van der Waals surface area contributed by atoms with Gasteiger partial charge in [-0.15, -0.1) is 0 Å². The van der Waals surface area contributed by atoms with Gasteiger partial charge in [-0.1, -0.05) is 0 Å². The van der Waals surface area contributed by atoms with Gasteiger partial charge in [-0.3, -0.25) is 4.79 Å². The molecular weight excluding hydrogens is 180 g/mol. The Balaban J connectivity index is 2.22. The molecule has 2 heterocycles. The number of ether oxygens (including phenoxy) is 1. The molecule has 4 heteroatoms. The summed E-state index contributed by atoms with van der Waals surface area (Å²) in [5.74, 6) is 0. The molecule has 1 aliphatic heterocycles. The second-order valence-corrected chi connectivity index (χ2v) is 3.56. The maximum Gasteiger partial charge on any atom is 0.204 e. The van der Waals surface area contributed by atoms with Gasteiger partial charge in [0.05, 0.1) is 5.69 Å². The first-order valence-electron chi connectivity index (χ1n) is 4.82. The highest BCUT2D eigenvalue weighted by molar-refractivity contribution is 5.33. The zero-order chi connectivity index (χ0) is 9.97. The molecule has 76 valence electrons. The second-order valence-electron chi connectivity index (χ2n) is 3.56. The lowest BCUT2D eigenvalue weighted by atomic mass is 10.1. The quantitative estimate of drug-likeness (QED) is 0.718. The molecular formula is C10H14N2O2. The molecule has 0 aromatic carbocycles. The van der Waals surface area contributed by atoms with Crippen molar-refractivity contribution >= 4 is 5.69 Å². The first-order valence-corrected chi connectivity index (χ1v) is 4.82. The molecule has 1 aromatic heterocycles. The highest BCUT2D eigenvalue weighted by Gasteiger charge is 2.14. The van der Waals surface area contributed by atoms with Crippen LogP contribution >= 0.6 is 0 Å². The summed E-state index contributed by atoms with van der Waals surface area (Å²) in [4.78, 5) is 11.1. The Labute approximate surface area is 82.3 Å². The Hall–Kier alpha value is -1.29. The van der Waals surface area contributed by atoms with Crippen LogP contribution in [0.15, 0.2) is 23.3 Å². The number of hydrogen-bond acceptors (Lipinski definition) is 3. The van der Waals surface area contributed by atoms with Crippen LogP contribution in [0.2, 0.25) is 0 Å². The molecule has 1 fully saturated rings. The van der Waals surface area contributed by atoms with E-state index in [2.05, 4.69) is 0 Å². The fourth-order valence-corrected chi connectivity index (χ4v) is 1.73. The average Bonchev–Trinajstić information content (AvgIpc) is 2.23. The number of nitrogens with zero attached hydrogens (tertiary/aromatic N) is 1. The summed E-state index contributed by atoms with van der Waals surface area (Å²) in [6.45, 7) is 1.58. The number of nitrogen functional groups attached to an aromatic ring is 1. The standard InChI is InChI=1S/C10H14N2O2/c11-9-7-12(4-1-10(9)13)8-2-5-14-6-3-8/h1,4,7-8H,2-3,5-6,11H2. The van der Waals surface area contributed by atoms with Crippen molar-refractivity contribution in [1.82, 2.24) is 4.57 Å². The SMILES string of the molecule is Nc1cn(C2CCOCC2)ccc1=O. The minimum absolute atomic E-state index is 0.103. The third-order valence-electron chi connectivity index (χ3n) is 2.58. The van der Waals surface area contributed by atoms with Gasteiger partial charge < -0.3 is 15.0 Å². The third kappa shape index (κ3) is 1.80. The minimum atomic E-state index is -0.103. The molecule has 2 rings (SSSR count). The summed E-state index contributed by atoms with van der Waals surface area (Å²) in [6, 6.07) is 1.94. The monoisotopic (exact) mass is 194 g/mol. The van der Waals surface area contributed by atoms with Crippen LogP contribution in [0.5, 0.6) is 0 Å². The van der Waals surface area contributed by atoms with Crippen LogP contribution < -0.4 is 11.2 Å². The Morgan fingerprint density at radius 3 is 2.79 bits per heavy atom. The molecule has 4 nitrogen and oxygen atoms in total. The zero-order valence-electron chi connectivity index (χ0n) is 7.98. The van der Waals surface area contributed by atoms with Crippen molar-refractivity contribution in [2.45, 2.75) is 18.9 Å². The second kappa shape index (κ2) is 3.84. The fourth-order valence-electron chi connectivity index (χ4n) is 1.73. The van der Waals surface area contributed by atoms with Crippen LogP contribution in [-0.4, -0.2) is 17.8 Å². The van der Waals surface area contributed by atoms with Gasteiger partial charge in [0.1, 0.15) is 0 Å². The van der Waals surface area contributed by atoms with Crippen LogP contribution in [0.4, 0.5) is 5.69 Å². The van der Waals surface area contributed by atoms with Crippen molar-refractivity contribution < 1.29 is 4.74 Å². The van der Waals surface area contributed by atoms with Gasteiger partial charge in [0.2, 0.25) is 5.43 Å². The Morgan fingerprint density at radius 2 is 2.14 bits per heavy atom. The van der Waals surface area contributed by atoms with Gasteiger partial charge in [-0.25, -0.2) is 0 Å². The number of pyridine rings is 1. The summed E-state index contributed by atoms with van der Waals surface area (Å²) >= 11 is 0. The predicted octanol–water partition coefficient (Wildman–Crippen LogP) is 0.782. The fraction of sp³-hybridized carbons (Fsp3) is 0.500. The van der Waals surface area contributed by atoms with E-state index in [1.165, 1.54) is 6.07 Å². The van der Waals surface area contributed by atoms with Gasteiger partial charge in [-0.05, 0) is 12.8 Å². The normalized spacial score (nSPS) is 18.3. The molecule has 2 N–H and O–H groups in total. The van der Waals surface area contributed by atoms with Gasteiger partial charge in [0.25, 0.3) is 0 Å². The van der Waals surface area contributed by atoms with E-state index >= 15 is 0 Å².